The number of carbonyl (C=O) groups is 1. The van der Waals surface area contributed by atoms with Crippen LogP contribution in [0, 0.1) is 5.41 Å². The maximum Gasteiger partial charge on any atom is 0.224 e. The quantitative estimate of drug-likeness (QED) is 0.516. The molecule has 19 heavy (non-hydrogen) atoms. The van der Waals surface area contributed by atoms with Crippen molar-refractivity contribution in [1.82, 2.24) is 4.90 Å². The lowest BCUT2D eigenvalue weighted by molar-refractivity contribution is -0.129. The van der Waals surface area contributed by atoms with Gasteiger partial charge in [-0.3, -0.25) is 4.79 Å². The smallest absolute Gasteiger partial charge is 0.224 e. The normalized spacial score (nSPS) is 25.7. The third-order valence-corrected chi connectivity index (χ3v) is 4.15. The highest BCUT2D eigenvalue weighted by atomic mass is 16.4. The monoisotopic (exact) mass is 260 g/mol. The number of nitrogens with zero attached hydrogens (tertiary/aromatic N) is 2. The fourth-order valence-corrected chi connectivity index (χ4v) is 2.58. The molecular formula is C15H20N2O2. The lowest BCUT2D eigenvalue weighted by Crippen LogP contribution is -2.32. The summed E-state index contributed by atoms with van der Waals surface area (Å²) in [6.45, 7) is 6.36. The molecular weight excluding hydrogens is 240 g/mol. The van der Waals surface area contributed by atoms with E-state index in [-0.39, 0.29) is 17.4 Å². The van der Waals surface area contributed by atoms with E-state index in [1.165, 1.54) is 0 Å². The molecule has 0 saturated carbocycles. The van der Waals surface area contributed by atoms with Crippen molar-refractivity contribution < 1.29 is 10.0 Å². The maximum atomic E-state index is 12.2. The van der Waals surface area contributed by atoms with Gasteiger partial charge in [0.2, 0.25) is 5.91 Å². The molecule has 1 N–H and O–H groups in total. The molecule has 0 aromatic heterocycles. The van der Waals surface area contributed by atoms with Crippen LogP contribution < -0.4 is 0 Å². The van der Waals surface area contributed by atoms with Crippen molar-refractivity contribution in [3.8, 4) is 0 Å². The first kappa shape index (κ1) is 13.6. The number of hydrogen-bond donors (Lipinski definition) is 1. The molecule has 102 valence electrons. The molecule has 0 unspecified atom stereocenters. The second kappa shape index (κ2) is 5.03. The van der Waals surface area contributed by atoms with Crippen molar-refractivity contribution in [1.29, 1.82) is 0 Å². The second-order valence-electron chi connectivity index (χ2n) is 5.53. The van der Waals surface area contributed by atoms with Crippen LogP contribution in [-0.2, 0) is 4.79 Å². The van der Waals surface area contributed by atoms with Crippen LogP contribution in [0.1, 0.15) is 38.8 Å². The molecule has 4 heteroatoms. The van der Waals surface area contributed by atoms with Gasteiger partial charge in [-0.25, -0.2) is 0 Å². The average Bonchev–Trinajstić information content (AvgIpc) is 2.74. The second-order valence-corrected chi connectivity index (χ2v) is 5.53. The predicted octanol–water partition coefficient (Wildman–Crippen LogP) is 2.84. The van der Waals surface area contributed by atoms with E-state index in [1.54, 1.807) is 6.92 Å². The third-order valence-electron chi connectivity index (χ3n) is 4.15. The van der Waals surface area contributed by atoms with E-state index in [4.69, 9.17) is 5.21 Å². The minimum Gasteiger partial charge on any atom is -0.411 e. The zero-order valence-corrected chi connectivity index (χ0v) is 11.6. The highest BCUT2D eigenvalue weighted by Gasteiger charge is 2.43. The summed E-state index contributed by atoms with van der Waals surface area (Å²) in [7, 11) is 0. The van der Waals surface area contributed by atoms with Gasteiger partial charge in [0.1, 0.15) is 0 Å². The molecule has 0 aliphatic carbocycles. The molecule has 1 heterocycles. The lowest BCUT2D eigenvalue weighted by atomic mass is 9.85. The SMILES string of the molecule is C/C(=N\O)[C@]1(C)CC(=O)N([C@H](C)c2ccccc2)C1. The number of oxime groups is 1. The van der Waals surface area contributed by atoms with Gasteiger partial charge in [-0.1, -0.05) is 42.4 Å². The summed E-state index contributed by atoms with van der Waals surface area (Å²) in [6, 6.07) is 10.0. The van der Waals surface area contributed by atoms with Gasteiger partial charge in [-0.15, -0.1) is 0 Å². The van der Waals surface area contributed by atoms with Crippen LogP contribution in [0.5, 0.6) is 0 Å². The molecule has 4 nitrogen and oxygen atoms in total. The highest BCUT2D eigenvalue weighted by Crippen LogP contribution is 2.37. The number of hydrogen-bond acceptors (Lipinski definition) is 3. The van der Waals surface area contributed by atoms with E-state index < -0.39 is 0 Å². The summed E-state index contributed by atoms with van der Waals surface area (Å²) in [5.41, 5.74) is 1.37. The summed E-state index contributed by atoms with van der Waals surface area (Å²) < 4.78 is 0. The number of likely N-dealkylation sites (tertiary alicyclic amines) is 1. The molecule has 1 aliphatic rings. The molecule has 1 amide bonds. The zero-order chi connectivity index (χ0) is 14.0. The van der Waals surface area contributed by atoms with Crippen molar-refractivity contribution in [2.75, 3.05) is 6.54 Å². The number of rotatable bonds is 3. The van der Waals surface area contributed by atoms with Crippen molar-refractivity contribution in [3.63, 3.8) is 0 Å². The standard InChI is InChI=1S/C15H20N2O2/c1-11(13-7-5-4-6-8-13)17-10-15(3,9-14(17)18)12(2)16-19/h4-8,11,19H,9-10H2,1-3H3/b16-12+/t11-,15-/m1/s1. The summed E-state index contributed by atoms with van der Waals surface area (Å²) in [5.74, 6) is 0.113. The van der Waals surface area contributed by atoms with Crippen LogP contribution in [0.2, 0.25) is 0 Å². The first-order chi connectivity index (χ1) is 8.98. The molecule has 0 bridgehead atoms. The molecule has 1 aliphatic heterocycles. The first-order valence-electron chi connectivity index (χ1n) is 6.51. The molecule has 1 aromatic carbocycles. The van der Waals surface area contributed by atoms with Gasteiger partial charge in [0.05, 0.1) is 11.8 Å². The zero-order valence-electron chi connectivity index (χ0n) is 11.6. The Morgan fingerprint density at radius 3 is 2.63 bits per heavy atom. The van der Waals surface area contributed by atoms with Gasteiger partial charge in [0.25, 0.3) is 0 Å². The van der Waals surface area contributed by atoms with E-state index in [2.05, 4.69) is 5.16 Å². The van der Waals surface area contributed by atoms with E-state index in [0.29, 0.717) is 18.7 Å². The van der Waals surface area contributed by atoms with Crippen LogP contribution in [-0.4, -0.2) is 28.3 Å². The summed E-state index contributed by atoms with van der Waals surface area (Å²) >= 11 is 0. The minimum absolute atomic E-state index is 0.0435. The molecule has 1 fully saturated rings. The van der Waals surface area contributed by atoms with Gasteiger partial charge in [-0.2, -0.15) is 0 Å². The van der Waals surface area contributed by atoms with Crippen molar-refractivity contribution in [3.05, 3.63) is 35.9 Å². The van der Waals surface area contributed by atoms with Crippen molar-refractivity contribution in [2.45, 2.75) is 33.2 Å². The Kier molecular flexibility index (Phi) is 3.60. The fourth-order valence-electron chi connectivity index (χ4n) is 2.58. The Bertz CT molecular complexity index is 498. The van der Waals surface area contributed by atoms with Gasteiger partial charge < -0.3 is 10.1 Å². The molecule has 1 saturated heterocycles. The van der Waals surface area contributed by atoms with Crippen LogP contribution in [0.3, 0.4) is 0 Å². The fraction of sp³-hybridized carbons (Fsp3) is 0.467. The van der Waals surface area contributed by atoms with Crippen LogP contribution >= 0.6 is 0 Å². The Balaban J connectivity index is 2.21. The third kappa shape index (κ3) is 2.48. The van der Waals surface area contributed by atoms with E-state index >= 15 is 0 Å². The average molecular weight is 260 g/mol. The van der Waals surface area contributed by atoms with Gasteiger partial charge in [0.15, 0.2) is 0 Å². The predicted molar refractivity (Wildman–Crippen MR) is 74.2 cm³/mol. The Labute approximate surface area is 113 Å². The maximum absolute atomic E-state index is 12.2. The Hall–Kier alpha value is -1.84. The summed E-state index contributed by atoms with van der Waals surface area (Å²) in [4.78, 5) is 14.1. The lowest BCUT2D eigenvalue weighted by Gasteiger charge is -2.28. The molecule has 0 radical (unpaired) electrons. The topological polar surface area (TPSA) is 52.9 Å². The van der Waals surface area contributed by atoms with Crippen molar-refractivity contribution in [2.24, 2.45) is 10.6 Å². The van der Waals surface area contributed by atoms with E-state index in [1.807, 2.05) is 49.1 Å². The van der Waals surface area contributed by atoms with Crippen LogP contribution in [0.25, 0.3) is 0 Å². The first-order valence-corrected chi connectivity index (χ1v) is 6.51. The largest absolute Gasteiger partial charge is 0.411 e. The molecule has 1 aromatic rings. The van der Waals surface area contributed by atoms with Crippen molar-refractivity contribution >= 4 is 11.6 Å². The van der Waals surface area contributed by atoms with Crippen LogP contribution in [0.4, 0.5) is 0 Å². The summed E-state index contributed by atoms with van der Waals surface area (Å²) in [6.07, 6.45) is 0.403. The summed E-state index contributed by atoms with van der Waals surface area (Å²) in [5, 5.41) is 12.2. The van der Waals surface area contributed by atoms with Crippen LogP contribution in [0.15, 0.2) is 35.5 Å². The molecule has 2 rings (SSSR count). The minimum atomic E-state index is -0.366. The Morgan fingerprint density at radius 2 is 2.05 bits per heavy atom. The number of benzene rings is 1. The van der Waals surface area contributed by atoms with Gasteiger partial charge >= 0.3 is 0 Å². The van der Waals surface area contributed by atoms with Gasteiger partial charge in [-0.05, 0) is 19.4 Å². The number of amides is 1. The van der Waals surface area contributed by atoms with E-state index in [9.17, 15) is 4.79 Å². The molecule has 2 atom stereocenters. The highest BCUT2D eigenvalue weighted by molar-refractivity contribution is 5.95. The molecule has 0 spiro atoms. The van der Waals surface area contributed by atoms with Gasteiger partial charge in [0, 0.05) is 18.4 Å². The van der Waals surface area contributed by atoms with E-state index in [0.717, 1.165) is 5.56 Å². The Morgan fingerprint density at radius 1 is 1.42 bits per heavy atom. The number of carbonyl (C=O) groups excluding carboxylic acids is 1.